The van der Waals surface area contributed by atoms with Crippen LogP contribution in [0.4, 0.5) is 5.69 Å². The van der Waals surface area contributed by atoms with Crippen molar-refractivity contribution in [3.8, 4) is 22.4 Å². The Bertz CT molecular complexity index is 1890. The molecule has 0 unspecified atom stereocenters. The van der Waals surface area contributed by atoms with Crippen molar-refractivity contribution >= 4 is 23.4 Å². The topological polar surface area (TPSA) is 134 Å². The van der Waals surface area contributed by atoms with Gasteiger partial charge in [-0.3, -0.25) is 14.4 Å². The van der Waals surface area contributed by atoms with E-state index in [9.17, 15) is 14.4 Å². The molecule has 5 heterocycles. The van der Waals surface area contributed by atoms with Gasteiger partial charge in [0, 0.05) is 39.4 Å². The number of hydrogen-bond acceptors (Lipinski definition) is 6. The lowest BCUT2D eigenvalue weighted by Gasteiger charge is -2.23. The van der Waals surface area contributed by atoms with Crippen LogP contribution in [0.3, 0.4) is 0 Å². The minimum atomic E-state index is -0.259. The number of nitrogens with zero attached hydrogens (tertiary/aromatic N) is 7. The second kappa shape index (κ2) is 12.1. The molecular formula is C34H35N9O3. The van der Waals surface area contributed by atoms with Gasteiger partial charge in [0.15, 0.2) is 0 Å². The molecule has 2 aliphatic rings. The van der Waals surface area contributed by atoms with Crippen molar-refractivity contribution in [3.63, 3.8) is 0 Å². The first-order valence-electron chi connectivity index (χ1n) is 15.4. The second-order valence-corrected chi connectivity index (χ2v) is 12.0. The van der Waals surface area contributed by atoms with Gasteiger partial charge < -0.3 is 29.2 Å². The molecule has 2 saturated heterocycles. The summed E-state index contributed by atoms with van der Waals surface area (Å²) in [5.74, 6) is 0.306. The first-order valence-corrected chi connectivity index (χ1v) is 15.4. The van der Waals surface area contributed by atoms with Crippen molar-refractivity contribution in [2.24, 2.45) is 20.0 Å². The molecule has 2 aliphatic heterocycles. The first kappa shape index (κ1) is 29.2. The van der Waals surface area contributed by atoms with Gasteiger partial charge in [0.25, 0.3) is 11.8 Å². The molecule has 3 aromatic heterocycles. The molecular weight excluding hydrogens is 582 g/mol. The lowest BCUT2D eigenvalue weighted by Crippen LogP contribution is -2.32. The third kappa shape index (κ3) is 5.57. The highest BCUT2D eigenvalue weighted by Crippen LogP contribution is 2.33. The van der Waals surface area contributed by atoms with Crippen LogP contribution in [0.1, 0.15) is 52.1 Å². The molecule has 12 nitrogen and oxygen atoms in total. The molecule has 2 N–H and O–H groups in total. The summed E-state index contributed by atoms with van der Waals surface area (Å²) in [7, 11) is 3.61. The molecule has 12 heteroatoms. The van der Waals surface area contributed by atoms with Gasteiger partial charge in [-0.2, -0.15) is 0 Å². The summed E-state index contributed by atoms with van der Waals surface area (Å²) < 4.78 is 3.44. The molecule has 3 amide bonds. The lowest BCUT2D eigenvalue weighted by atomic mass is 10.0. The molecule has 0 spiro atoms. The van der Waals surface area contributed by atoms with Gasteiger partial charge >= 0.3 is 0 Å². The van der Waals surface area contributed by atoms with Gasteiger partial charge in [-0.25, -0.2) is 15.0 Å². The Labute approximate surface area is 266 Å². The normalized spacial score (nSPS) is 17.9. The number of carbonyl (C=O) groups excluding carboxylic acids is 3. The maximum atomic E-state index is 13.2. The number of likely N-dealkylation sites (tertiary alicyclic amines) is 2. The monoisotopic (exact) mass is 617 g/mol. The molecule has 2 fully saturated rings. The lowest BCUT2D eigenvalue weighted by molar-refractivity contribution is -0.119. The number of aromatic amines is 1. The number of benzene rings is 2. The van der Waals surface area contributed by atoms with Crippen LogP contribution >= 0.6 is 0 Å². The fraction of sp³-hybridized carbons (Fsp3) is 0.294. The summed E-state index contributed by atoms with van der Waals surface area (Å²) in [5, 5.41) is 3.01. The highest BCUT2D eigenvalue weighted by molar-refractivity contribution is 5.96. The summed E-state index contributed by atoms with van der Waals surface area (Å²) in [5.41, 5.74) is 5.77. The van der Waals surface area contributed by atoms with Gasteiger partial charge in [0.2, 0.25) is 5.91 Å². The maximum absolute atomic E-state index is 13.2. The zero-order valence-electron chi connectivity index (χ0n) is 25.8. The van der Waals surface area contributed by atoms with E-state index in [2.05, 4.69) is 37.4 Å². The van der Waals surface area contributed by atoms with Crippen molar-refractivity contribution in [1.29, 1.82) is 0 Å². The highest BCUT2D eigenvalue weighted by atomic mass is 16.2. The average Bonchev–Trinajstić information content (AvgIpc) is 3.91. The predicted octanol–water partition coefficient (Wildman–Crippen LogP) is 4.29. The number of amides is 3. The smallest absolute Gasteiger partial charge is 0.272 e. The van der Waals surface area contributed by atoms with E-state index in [1.165, 1.54) is 0 Å². The van der Waals surface area contributed by atoms with E-state index >= 15 is 0 Å². The number of aromatic nitrogens is 6. The van der Waals surface area contributed by atoms with E-state index in [0.29, 0.717) is 37.4 Å². The summed E-state index contributed by atoms with van der Waals surface area (Å²) in [6.45, 7) is 1.62. The van der Waals surface area contributed by atoms with Crippen LogP contribution in [0.15, 0.2) is 79.8 Å². The van der Waals surface area contributed by atoms with Crippen LogP contribution in [0.5, 0.6) is 0 Å². The second-order valence-electron chi connectivity index (χ2n) is 12.0. The van der Waals surface area contributed by atoms with Gasteiger partial charge in [0.1, 0.15) is 17.2 Å². The molecule has 2 atom stereocenters. The molecule has 2 aromatic carbocycles. The van der Waals surface area contributed by atoms with Gasteiger partial charge in [-0.1, -0.05) is 36.4 Å². The van der Waals surface area contributed by atoms with Crippen LogP contribution in [-0.4, -0.2) is 76.2 Å². The number of aryl methyl sites for hydroxylation is 2. The Kier molecular flexibility index (Phi) is 7.69. The number of anilines is 1. The van der Waals surface area contributed by atoms with Gasteiger partial charge in [-0.15, -0.1) is 0 Å². The van der Waals surface area contributed by atoms with Crippen molar-refractivity contribution in [2.75, 3.05) is 25.0 Å². The van der Waals surface area contributed by atoms with Gasteiger partial charge in [0.05, 0.1) is 48.9 Å². The molecule has 5 aromatic rings. The molecule has 0 aliphatic carbocycles. The van der Waals surface area contributed by atoms with Crippen molar-refractivity contribution < 1.29 is 14.4 Å². The molecule has 7 rings (SSSR count). The van der Waals surface area contributed by atoms with Gasteiger partial charge in [-0.05, 0) is 48.1 Å². The van der Waals surface area contributed by atoms with E-state index in [4.69, 9.17) is 0 Å². The number of H-pyrrole nitrogens is 1. The summed E-state index contributed by atoms with van der Waals surface area (Å²) in [6, 6.07) is 15.9. The number of nitrogens with one attached hydrogen (secondary N) is 2. The summed E-state index contributed by atoms with van der Waals surface area (Å²) in [4.78, 5) is 58.7. The Hall–Kier alpha value is -5.52. The average molecular weight is 618 g/mol. The van der Waals surface area contributed by atoms with Crippen molar-refractivity contribution in [3.05, 3.63) is 97.0 Å². The Balaban J connectivity index is 0.964. The zero-order chi connectivity index (χ0) is 31.8. The maximum Gasteiger partial charge on any atom is 0.272 e. The number of hydrogen-bond donors (Lipinski definition) is 2. The molecule has 0 saturated carbocycles. The fourth-order valence-corrected chi connectivity index (χ4v) is 6.37. The first-order chi connectivity index (χ1) is 22.4. The van der Waals surface area contributed by atoms with E-state index in [0.717, 1.165) is 46.7 Å². The highest BCUT2D eigenvalue weighted by Gasteiger charge is 2.34. The summed E-state index contributed by atoms with van der Waals surface area (Å²) >= 11 is 0. The van der Waals surface area contributed by atoms with Crippen LogP contribution in [0, 0.1) is 5.92 Å². The van der Waals surface area contributed by atoms with Crippen LogP contribution in [0.25, 0.3) is 22.4 Å². The Morgan fingerprint density at radius 2 is 1.41 bits per heavy atom. The molecule has 46 heavy (non-hydrogen) atoms. The quantitative estimate of drug-likeness (QED) is 0.280. The summed E-state index contributed by atoms with van der Waals surface area (Å²) in [6.07, 6.45) is 10.6. The Morgan fingerprint density at radius 3 is 2.07 bits per heavy atom. The number of imidazole rings is 3. The molecule has 0 bridgehead atoms. The minimum Gasteiger partial charge on any atom is -0.340 e. The van der Waals surface area contributed by atoms with E-state index in [-0.39, 0.29) is 29.7 Å². The van der Waals surface area contributed by atoms with E-state index in [1.54, 1.807) is 46.1 Å². The third-order valence-corrected chi connectivity index (χ3v) is 9.02. The zero-order valence-corrected chi connectivity index (χ0v) is 25.8. The van der Waals surface area contributed by atoms with E-state index in [1.807, 2.05) is 54.5 Å². The largest absolute Gasteiger partial charge is 0.340 e. The van der Waals surface area contributed by atoms with Crippen LogP contribution in [-0.2, 0) is 18.9 Å². The van der Waals surface area contributed by atoms with Crippen LogP contribution < -0.4 is 5.32 Å². The predicted molar refractivity (Wildman–Crippen MR) is 172 cm³/mol. The van der Waals surface area contributed by atoms with Crippen LogP contribution in [0.2, 0.25) is 0 Å². The molecule has 0 radical (unpaired) electrons. The number of rotatable bonds is 7. The molecule has 234 valence electrons. The third-order valence-electron chi connectivity index (χ3n) is 9.02. The fourth-order valence-electron chi connectivity index (χ4n) is 6.37. The van der Waals surface area contributed by atoms with E-state index < -0.39 is 0 Å². The minimum absolute atomic E-state index is 0.0335. The number of carbonyl (C=O) groups is 3. The van der Waals surface area contributed by atoms with Crippen molar-refractivity contribution in [1.82, 2.24) is 38.9 Å². The Morgan fingerprint density at radius 1 is 0.783 bits per heavy atom. The standard InChI is InChI=1S/C34H35N9O3/c1-40-20-35-17-29(40)33(45)42-15-13-25(19-42)32(44)38-26-11-9-23(10-12-26)22-5-7-24(8-6-22)27-16-37-31(39-27)28-4-3-14-43(28)34(46)30-18-36-21-41(30)2/h5-12,16-18,20-21,25,28H,3-4,13-15,19H2,1-2H3,(H,37,39)(H,38,44)/t25-,28-/m0/s1. The SMILES string of the molecule is Cn1cncc1C(=O)N1CC[C@H](C(=O)Nc2ccc(-c3ccc(-c4cnc([C@@H]5CCCN5C(=O)c5cncn5C)[nH]4)cc3)cc2)C1. The van der Waals surface area contributed by atoms with Crippen molar-refractivity contribution in [2.45, 2.75) is 25.3 Å².